The molecule has 2 aromatic rings. The minimum atomic E-state index is -0.338. The van der Waals surface area contributed by atoms with E-state index in [-0.39, 0.29) is 22.4 Å². The molecule has 0 bridgehead atoms. The molecule has 1 aromatic carbocycles. The van der Waals surface area contributed by atoms with Gasteiger partial charge in [0.25, 0.3) is 5.91 Å². The van der Waals surface area contributed by atoms with Crippen molar-refractivity contribution in [3.8, 4) is 0 Å². The average molecular weight is 351 g/mol. The summed E-state index contributed by atoms with van der Waals surface area (Å²) in [6.45, 7) is 1.92. The molecule has 2 amide bonds. The number of benzene rings is 1. The van der Waals surface area contributed by atoms with E-state index in [1.54, 1.807) is 36.4 Å². The Balaban J connectivity index is 2.04. The van der Waals surface area contributed by atoms with Crippen molar-refractivity contribution >= 4 is 39.1 Å². The zero-order valence-corrected chi connectivity index (χ0v) is 13.0. The van der Waals surface area contributed by atoms with Gasteiger partial charge < -0.3 is 15.1 Å². The topological polar surface area (TPSA) is 71.3 Å². The van der Waals surface area contributed by atoms with Crippen LogP contribution in [0.2, 0.25) is 0 Å². The van der Waals surface area contributed by atoms with E-state index in [4.69, 9.17) is 4.42 Å². The first kappa shape index (κ1) is 15.3. The molecule has 0 aliphatic carbocycles. The van der Waals surface area contributed by atoms with Gasteiger partial charge in [-0.2, -0.15) is 0 Å². The van der Waals surface area contributed by atoms with E-state index in [1.165, 1.54) is 6.26 Å². The molecule has 0 spiro atoms. The highest BCUT2D eigenvalue weighted by atomic mass is 79.9. The molecule has 5 nitrogen and oxygen atoms in total. The van der Waals surface area contributed by atoms with Gasteiger partial charge in [0.1, 0.15) is 0 Å². The Hall–Kier alpha value is -2.08. The summed E-state index contributed by atoms with van der Waals surface area (Å²) in [6.07, 6.45) is 2.13. The van der Waals surface area contributed by atoms with E-state index in [9.17, 15) is 9.59 Å². The number of furan rings is 1. The smallest absolute Gasteiger partial charge is 0.291 e. The van der Waals surface area contributed by atoms with Crippen LogP contribution in [0.1, 0.15) is 23.9 Å². The molecular weight excluding hydrogens is 336 g/mol. The van der Waals surface area contributed by atoms with Crippen molar-refractivity contribution in [1.29, 1.82) is 0 Å². The number of amides is 2. The number of hydrogen-bond acceptors (Lipinski definition) is 3. The van der Waals surface area contributed by atoms with Gasteiger partial charge >= 0.3 is 0 Å². The maximum atomic E-state index is 11.9. The molecule has 1 heterocycles. The van der Waals surface area contributed by atoms with Gasteiger partial charge in [-0.1, -0.05) is 28.9 Å². The molecule has 0 saturated heterocycles. The molecular formula is C15H15BrN2O3. The third-order valence-electron chi connectivity index (χ3n) is 2.78. The average Bonchev–Trinajstić information content (AvgIpc) is 3.01. The molecule has 0 aliphatic rings. The SMILES string of the molecule is CCC(Br)C(=O)Nc1cccc(NC(=O)c2ccco2)c1. The highest BCUT2D eigenvalue weighted by molar-refractivity contribution is 9.10. The summed E-state index contributed by atoms with van der Waals surface area (Å²) in [6, 6.07) is 10.2. The molecule has 0 radical (unpaired) electrons. The number of carbonyl (C=O) groups is 2. The number of alkyl halides is 1. The molecule has 0 aliphatic heterocycles. The Morgan fingerprint density at radius 3 is 2.52 bits per heavy atom. The zero-order valence-electron chi connectivity index (χ0n) is 11.4. The molecule has 1 atom stereocenters. The highest BCUT2D eigenvalue weighted by Crippen LogP contribution is 2.17. The summed E-state index contributed by atoms with van der Waals surface area (Å²) >= 11 is 3.29. The van der Waals surface area contributed by atoms with Crippen LogP contribution in [0.15, 0.2) is 47.1 Å². The number of nitrogens with one attached hydrogen (secondary N) is 2. The second-order valence-electron chi connectivity index (χ2n) is 4.38. The van der Waals surface area contributed by atoms with Gasteiger partial charge in [-0.05, 0) is 36.8 Å². The van der Waals surface area contributed by atoms with Crippen molar-refractivity contribution in [1.82, 2.24) is 0 Å². The van der Waals surface area contributed by atoms with E-state index in [1.807, 2.05) is 6.92 Å². The van der Waals surface area contributed by atoms with Crippen LogP contribution in [0.5, 0.6) is 0 Å². The Labute approximate surface area is 130 Å². The first-order valence-electron chi connectivity index (χ1n) is 6.50. The Bertz CT molecular complexity index is 626. The first-order chi connectivity index (χ1) is 10.1. The summed E-state index contributed by atoms with van der Waals surface area (Å²) < 4.78 is 5.02. The van der Waals surface area contributed by atoms with Gasteiger partial charge in [0.05, 0.1) is 11.1 Å². The third-order valence-corrected chi connectivity index (χ3v) is 3.84. The van der Waals surface area contributed by atoms with Gasteiger partial charge in [-0.25, -0.2) is 0 Å². The van der Waals surface area contributed by atoms with Gasteiger partial charge in [-0.15, -0.1) is 0 Å². The largest absolute Gasteiger partial charge is 0.459 e. The van der Waals surface area contributed by atoms with Crippen LogP contribution in [-0.4, -0.2) is 16.6 Å². The Morgan fingerprint density at radius 2 is 1.90 bits per heavy atom. The first-order valence-corrected chi connectivity index (χ1v) is 7.41. The van der Waals surface area contributed by atoms with E-state index in [0.29, 0.717) is 17.8 Å². The van der Waals surface area contributed by atoms with E-state index < -0.39 is 0 Å². The van der Waals surface area contributed by atoms with Crippen LogP contribution in [0.25, 0.3) is 0 Å². The quantitative estimate of drug-likeness (QED) is 0.808. The lowest BCUT2D eigenvalue weighted by Crippen LogP contribution is -2.22. The predicted molar refractivity (Wildman–Crippen MR) is 84.7 cm³/mol. The van der Waals surface area contributed by atoms with E-state index >= 15 is 0 Å². The van der Waals surface area contributed by atoms with E-state index in [2.05, 4.69) is 26.6 Å². The highest BCUT2D eigenvalue weighted by Gasteiger charge is 2.13. The lowest BCUT2D eigenvalue weighted by molar-refractivity contribution is -0.115. The van der Waals surface area contributed by atoms with Crippen molar-refractivity contribution in [2.75, 3.05) is 10.6 Å². The summed E-state index contributed by atoms with van der Waals surface area (Å²) in [5.41, 5.74) is 1.20. The second kappa shape index (κ2) is 7.08. The van der Waals surface area contributed by atoms with Crippen molar-refractivity contribution in [2.24, 2.45) is 0 Å². The number of carbonyl (C=O) groups excluding carboxylic acids is 2. The number of hydrogen-bond donors (Lipinski definition) is 2. The monoisotopic (exact) mass is 350 g/mol. The molecule has 21 heavy (non-hydrogen) atoms. The molecule has 2 N–H and O–H groups in total. The summed E-state index contributed by atoms with van der Waals surface area (Å²) in [5.74, 6) is -0.224. The van der Waals surface area contributed by atoms with Gasteiger partial charge in [0, 0.05) is 11.4 Å². The van der Waals surface area contributed by atoms with E-state index in [0.717, 1.165) is 0 Å². The standard InChI is InChI=1S/C15H15BrN2O3/c1-2-12(16)14(19)17-10-5-3-6-11(9-10)18-15(20)13-7-4-8-21-13/h3-9,12H,2H2,1H3,(H,17,19)(H,18,20). The molecule has 2 rings (SSSR count). The van der Waals surface area contributed by atoms with Crippen molar-refractivity contribution < 1.29 is 14.0 Å². The van der Waals surface area contributed by atoms with Crippen LogP contribution in [0.4, 0.5) is 11.4 Å². The molecule has 0 saturated carbocycles. The summed E-state index contributed by atoms with van der Waals surface area (Å²) in [7, 11) is 0. The minimum Gasteiger partial charge on any atom is -0.459 e. The van der Waals surface area contributed by atoms with Crippen molar-refractivity contribution in [3.05, 3.63) is 48.4 Å². The maximum Gasteiger partial charge on any atom is 0.291 e. The van der Waals surface area contributed by atoms with Crippen LogP contribution in [0, 0.1) is 0 Å². The summed E-state index contributed by atoms with van der Waals surface area (Å²) in [5, 5.41) is 5.49. The van der Waals surface area contributed by atoms with Crippen LogP contribution in [-0.2, 0) is 4.79 Å². The number of anilines is 2. The predicted octanol–water partition coefficient (Wildman–Crippen LogP) is 3.64. The fraction of sp³-hybridized carbons (Fsp3) is 0.200. The van der Waals surface area contributed by atoms with Crippen LogP contribution in [0.3, 0.4) is 0 Å². The Kier molecular flexibility index (Phi) is 5.16. The molecule has 6 heteroatoms. The Morgan fingerprint density at radius 1 is 1.19 bits per heavy atom. The second-order valence-corrected chi connectivity index (χ2v) is 5.48. The zero-order chi connectivity index (χ0) is 15.2. The summed E-state index contributed by atoms with van der Waals surface area (Å²) in [4.78, 5) is 23.4. The van der Waals surface area contributed by atoms with Gasteiger partial charge in [0.2, 0.25) is 5.91 Å². The van der Waals surface area contributed by atoms with Crippen molar-refractivity contribution in [3.63, 3.8) is 0 Å². The van der Waals surface area contributed by atoms with Crippen molar-refractivity contribution in [2.45, 2.75) is 18.2 Å². The fourth-order valence-electron chi connectivity index (χ4n) is 1.68. The van der Waals surface area contributed by atoms with Gasteiger partial charge in [-0.3, -0.25) is 9.59 Å². The molecule has 1 aromatic heterocycles. The van der Waals surface area contributed by atoms with Gasteiger partial charge in [0.15, 0.2) is 5.76 Å². The number of rotatable bonds is 5. The lowest BCUT2D eigenvalue weighted by Gasteiger charge is -2.10. The van der Waals surface area contributed by atoms with Crippen LogP contribution >= 0.6 is 15.9 Å². The molecule has 1 unspecified atom stereocenters. The third kappa shape index (κ3) is 4.19. The molecule has 110 valence electrons. The maximum absolute atomic E-state index is 11.9. The number of halogens is 1. The fourth-order valence-corrected chi connectivity index (χ4v) is 1.80. The van der Waals surface area contributed by atoms with Crippen LogP contribution < -0.4 is 10.6 Å². The minimum absolute atomic E-state index is 0.119. The normalized spacial score (nSPS) is 11.7. The molecule has 0 fully saturated rings. The lowest BCUT2D eigenvalue weighted by atomic mass is 10.2.